The summed E-state index contributed by atoms with van der Waals surface area (Å²) >= 11 is 0. The number of methoxy groups -OCH3 is 1. The number of amides is 1. The van der Waals surface area contributed by atoms with E-state index >= 15 is 0 Å². The zero-order valence-electron chi connectivity index (χ0n) is 22.4. The smallest absolute Gasteiger partial charge is 0.409 e. The summed E-state index contributed by atoms with van der Waals surface area (Å²) in [6.45, 7) is 2.86. The Hall–Kier alpha value is -3.17. The number of nitrogens with zero attached hydrogens (tertiary/aromatic N) is 5. The van der Waals surface area contributed by atoms with Crippen LogP contribution in [0.15, 0.2) is 12.1 Å². The van der Waals surface area contributed by atoms with E-state index in [4.69, 9.17) is 19.2 Å². The van der Waals surface area contributed by atoms with Crippen LogP contribution >= 0.6 is 0 Å². The van der Waals surface area contributed by atoms with Gasteiger partial charge in [-0.25, -0.2) is 14.5 Å². The highest BCUT2D eigenvalue weighted by Crippen LogP contribution is 2.45. The highest BCUT2D eigenvalue weighted by Gasteiger charge is 2.33. The van der Waals surface area contributed by atoms with Crippen LogP contribution in [0.25, 0.3) is 11.4 Å². The van der Waals surface area contributed by atoms with E-state index in [1.165, 1.54) is 7.11 Å². The summed E-state index contributed by atoms with van der Waals surface area (Å²) in [7, 11) is 4.97. The molecule has 0 aromatic carbocycles. The van der Waals surface area contributed by atoms with Crippen LogP contribution in [-0.2, 0) is 27.9 Å². The largest absolute Gasteiger partial charge is 0.488 e. The topological polar surface area (TPSA) is 109 Å². The number of hydrogen-bond donors (Lipinski definition) is 0. The lowest BCUT2D eigenvalue weighted by atomic mass is 9.87. The summed E-state index contributed by atoms with van der Waals surface area (Å²) in [4.78, 5) is 31.0. The van der Waals surface area contributed by atoms with Gasteiger partial charge in [-0.3, -0.25) is 4.79 Å². The molecule has 2 heterocycles. The van der Waals surface area contributed by atoms with E-state index < -0.39 is 0 Å². The van der Waals surface area contributed by atoms with Gasteiger partial charge in [-0.1, -0.05) is 25.0 Å². The summed E-state index contributed by atoms with van der Waals surface area (Å²) in [5.74, 6) is 0.847. The van der Waals surface area contributed by atoms with Crippen molar-refractivity contribution < 1.29 is 23.8 Å². The van der Waals surface area contributed by atoms with Crippen LogP contribution in [-0.4, -0.2) is 63.7 Å². The van der Waals surface area contributed by atoms with Gasteiger partial charge in [0.1, 0.15) is 23.7 Å². The van der Waals surface area contributed by atoms with Crippen LogP contribution in [0, 0.1) is 5.92 Å². The summed E-state index contributed by atoms with van der Waals surface area (Å²) in [5.41, 5.74) is 2.88. The number of aryl methyl sites for hydroxylation is 1. The Morgan fingerprint density at radius 1 is 1.16 bits per heavy atom. The molecule has 2 aromatic heterocycles. The van der Waals surface area contributed by atoms with Crippen molar-refractivity contribution in [1.29, 1.82) is 0 Å². The minimum absolute atomic E-state index is 0.0381. The highest BCUT2D eigenvalue weighted by molar-refractivity contribution is 5.72. The maximum atomic E-state index is 12.5. The average Bonchev–Trinajstić information content (AvgIpc) is 3.69. The minimum atomic E-state index is -0.364. The summed E-state index contributed by atoms with van der Waals surface area (Å²) in [5, 5.41) is 8.49. The third-order valence-electron chi connectivity index (χ3n) is 7.23. The van der Waals surface area contributed by atoms with Crippen molar-refractivity contribution in [3.8, 4) is 17.1 Å². The Morgan fingerprint density at radius 3 is 2.70 bits per heavy atom. The SMILES string of the molecule is CCCCCN(C)C(=O)OCc1c(-c2ccc(O[C@H]3CCC[C@H](C(=O)OC)C3)c(C3CC3)n2)nnn1C. The van der Waals surface area contributed by atoms with E-state index in [1.807, 2.05) is 12.1 Å². The minimum Gasteiger partial charge on any atom is -0.488 e. The third-order valence-corrected chi connectivity index (χ3v) is 7.23. The van der Waals surface area contributed by atoms with Gasteiger partial charge in [0.2, 0.25) is 0 Å². The van der Waals surface area contributed by atoms with Crippen molar-refractivity contribution in [2.45, 2.75) is 83.3 Å². The van der Waals surface area contributed by atoms with E-state index in [2.05, 4.69) is 17.2 Å². The van der Waals surface area contributed by atoms with E-state index in [1.54, 1.807) is 23.7 Å². The molecule has 2 fully saturated rings. The number of esters is 1. The van der Waals surface area contributed by atoms with Gasteiger partial charge in [-0.05, 0) is 57.1 Å². The van der Waals surface area contributed by atoms with Gasteiger partial charge in [0, 0.05) is 26.6 Å². The Labute approximate surface area is 218 Å². The molecule has 0 radical (unpaired) electrons. The van der Waals surface area contributed by atoms with Crippen LogP contribution in [0.4, 0.5) is 4.79 Å². The molecule has 0 N–H and O–H groups in total. The van der Waals surface area contributed by atoms with Crippen molar-refractivity contribution in [2.24, 2.45) is 13.0 Å². The van der Waals surface area contributed by atoms with Gasteiger partial charge in [0.15, 0.2) is 0 Å². The maximum Gasteiger partial charge on any atom is 0.409 e. The molecular weight excluding hydrogens is 474 g/mol. The molecule has 1 amide bonds. The van der Waals surface area contributed by atoms with Gasteiger partial charge in [-0.15, -0.1) is 5.10 Å². The summed E-state index contributed by atoms with van der Waals surface area (Å²) < 4.78 is 18.5. The van der Waals surface area contributed by atoms with Crippen molar-refractivity contribution in [2.75, 3.05) is 20.7 Å². The molecule has 10 nitrogen and oxygen atoms in total. The molecule has 2 atom stereocenters. The highest BCUT2D eigenvalue weighted by atomic mass is 16.6. The van der Waals surface area contributed by atoms with E-state index in [0.29, 0.717) is 36.0 Å². The van der Waals surface area contributed by atoms with Gasteiger partial charge < -0.3 is 19.1 Å². The number of pyridine rings is 1. The molecule has 0 spiro atoms. The van der Waals surface area contributed by atoms with Gasteiger partial charge >= 0.3 is 12.1 Å². The Balaban J connectivity index is 1.46. The normalized spacial score (nSPS) is 19.4. The molecule has 2 aromatic rings. The Morgan fingerprint density at radius 2 is 1.97 bits per heavy atom. The fourth-order valence-electron chi connectivity index (χ4n) is 4.82. The van der Waals surface area contributed by atoms with Crippen LogP contribution < -0.4 is 4.74 Å². The lowest BCUT2D eigenvalue weighted by Gasteiger charge is -2.28. The number of carbonyl (C=O) groups excluding carboxylic acids is 2. The predicted molar refractivity (Wildman–Crippen MR) is 137 cm³/mol. The fourth-order valence-corrected chi connectivity index (χ4v) is 4.82. The van der Waals surface area contributed by atoms with E-state index in [9.17, 15) is 9.59 Å². The fraction of sp³-hybridized carbons (Fsp3) is 0.667. The first-order valence-corrected chi connectivity index (χ1v) is 13.4. The number of ether oxygens (including phenoxy) is 3. The second-order valence-electron chi connectivity index (χ2n) is 10.2. The average molecular weight is 514 g/mol. The molecule has 37 heavy (non-hydrogen) atoms. The number of hydrogen-bond acceptors (Lipinski definition) is 8. The predicted octanol–water partition coefficient (Wildman–Crippen LogP) is 4.62. The molecule has 0 unspecified atom stereocenters. The molecule has 4 rings (SSSR count). The van der Waals surface area contributed by atoms with E-state index in [-0.39, 0.29) is 30.7 Å². The van der Waals surface area contributed by atoms with Gasteiger partial charge in [0.25, 0.3) is 0 Å². The first-order chi connectivity index (χ1) is 17.9. The zero-order valence-corrected chi connectivity index (χ0v) is 22.4. The number of unbranched alkanes of at least 4 members (excludes halogenated alkanes) is 2. The van der Waals surface area contributed by atoms with Crippen molar-refractivity contribution in [3.63, 3.8) is 0 Å². The lowest BCUT2D eigenvalue weighted by Crippen LogP contribution is -2.30. The molecule has 2 aliphatic rings. The lowest BCUT2D eigenvalue weighted by molar-refractivity contribution is -0.147. The molecule has 0 saturated heterocycles. The summed E-state index contributed by atoms with van der Waals surface area (Å²) in [6, 6.07) is 3.83. The van der Waals surface area contributed by atoms with Crippen molar-refractivity contribution in [1.82, 2.24) is 24.9 Å². The standard InChI is InChI=1S/C27H39N5O5/c1-5-6-7-15-31(2)27(34)36-17-22-25(29-30-32(22)3)21-13-14-23(24(28-21)18-11-12-18)37-20-10-8-9-19(16-20)26(33)35-4/h13-14,18-20H,5-12,15-17H2,1-4H3/t19-,20-/m0/s1. The maximum absolute atomic E-state index is 12.5. The molecule has 0 bridgehead atoms. The number of rotatable bonds is 11. The number of carbonyl (C=O) groups is 2. The molecule has 2 saturated carbocycles. The van der Waals surface area contributed by atoms with Crippen LogP contribution in [0.2, 0.25) is 0 Å². The first-order valence-electron chi connectivity index (χ1n) is 13.4. The second-order valence-corrected chi connectivity index (χ2v) is 10.2. The second kappa shape index (κ2) is 12.4. The van der Waals surface area contributed by atoms with Crippen molar-refractivity contribution >= 4 is 12.1 Å². The Bertz CT molecular complexity index is 1080. The molecular formula is C27H39N5O5. The molecule has 10 heteroatoms. The van der Waals surface area contributed by atoms with E-state index in [0.717, 1.165) is 62.8 Å². The van der Waals surface area contributed by atoms with Crippen LogP contribution in [0.3, 0.4) is 0 Å². The van der Waals surface area contributed by atoms with Crippen LogP contribution in [0.1, 0.15) is 82.0 Å². The first kappa shape index (κ1) is 26.9. The van der Waals surface area contributed by atoms with Gasteiger partial charge in [0.05, 0.1) is 30.5 Å². The molecule has 2 aliphatic carbocycles. The molecule has 0 aliphatic heterocycles. The third kappa shape index (κ3) is 6.78. The monoisotopic (exact) mass is 513 g/mol. The Kier molecular flexibility index (Phi) is 9.00. The van der Waals surface area contributed by atoms with Gasteiger partial charge in [-0.2, -0.15) is 0 Å². The zero-order chi connectivity index (χ0) is 26.4. The van der Waals surface area contributed by atoms with Crippen LogP contribution in [0.5, 0.6) is 5.75 Å². The summed E-state index contributed by atoms with van der Waals surface area (Å²) in [6.07, 6.45) is 8.20. The number of aromatic nitrogens is 4. The molecule has 202 valence electrons. The van der Waals surface area contributed by atoms with Crippen molar-refractivity contribution in [3.05, 3.63) is 23.5 Å². The quantitative estimate of drug-likeness (QED) is 0.316.